The normalized spacial score (nSPS) is 15.5. The standard InChI is InChI=1S/C19H17F5N6O/c20-13-2-1-11(9-14(13)21)10-25-17(31)12-5-7-29(8-6-12)16-4-3-15-26-27-18(19(22,23)24)30(15)28-16/h1-4,9,12H,5-8,10H2,(H,25,31). The quantitative estimate of drug-likeness (QED) is 0.632. The molecular formula is C19H17F5N6O. The number of nitrogens with one attached hydrogen (secondary N) is 1. The Balaban J connectivity index is 1.37. The average molecular weight is 440 g/mol. The molecule has 0 bridgehead atoms. The molecule has 0 saturated carbocycles. The van der Waals surface area contributed by atoms with Gasteiger partial charge in [-0.25, -0.2) is 8.78 Å². The third-order valence-corrected chi connectivity index (χ3v) is 5.14. The number of nitrogens with zero attached hydrogens (tertiary/aromatic N) is 5. The molecule has 3 heterocycles. The van der Waals surface area contributed by atoms with Gasteiger partial charge in [0.1, 0.15) is 5.82 Å². The number of aromatic nitrogens is 4. The SMILES string of the molecule is O=C(NCc1ccc(F)c(F)c1)C1CCN(c2ccc3nnc(C(F)(F)F)n3n2)CC1. The molecule has 12 heteroatoms. The van der Waals surface area contributed by atoms with Crippen molar-refractivity contribution in [1.29, 1.82) is 0 Å². The van der Waals surface area contributed by atoms with E-state index in [2.05, 4.69) is 20.6 Å². The zero-order chi connectivity index (χ0) is 22.2. The Labute approximate surface area is 172 Å². The summed E-state index contributed by atoms with van der Waals surface area (Å²) in [5, 5.41) is 13.4. The summed E-state index contributed by atoms with van der Waals surface area (Å²) in [6.45, 7) is 0.915. The van der Waals surface area contributed by atoms with Crippen molar-refractivity contribution in [3.05, 3.63) is 53.4 Å². The van der Waals surface area contributed by atoms with E-state index in [0.29, 0.717) is 41.8 Å². The fourth-order valence-corrected chi connectivity index (χ4v) is 3.48. The van der Waals surface area contributed by atoms with Gasteiger partial charge in [-0.3, -0.25) is 4.79 Å². The van der Waals surface area contributed by atoms with E-state index in [4.69, 9.17) is 0 Å². The topological polar surface area (TPSA) is 75.4 Å². The summed E-state index contributed by atoms with van der Waals surface area (Å²) in [5.74, 6) is -3.32. The summed E-state index contributed by atoms with van der Waals surface area (Å²) in [5.41, 5.74) is 0.430. The summed E-state index contributed by atoms with van der Waals surface area (Å²) in [7, 11) is 0. The molecule has 0 aliphatic carbocycles. The summed E-state index contributed by atoms with van der Waals surface area (Å²) >= 11 is 0. The number of anilines is 1. The number of halogens is 5. The highest BCUT2D eigenvalue weighted by atomic mass is 19.4. The number of amides is 1. The lowest BCUT2D eigenvalue weighted by Crippen LogP contribution is -2.40. The Kier molecular flexibility index (Phi) is 5.46. The number of rotatable bonds is 4. The van der Waals surface area contributed by atoms with E-state index >= 15 is 0 Å². The number of piperidine rings is 1. The van der Waals surface area contributed by atoms with Gasteiger partial charge < -0.3 is 10.2 Å². The molecule has 7 nitrogen and oxygen atoms in total. The Morgan fingerprint density at radius 1 is 1.06 bits per heavy atom. The smallest absolute Gasteiger partial charge is 0.355 e. The monoisotopic (exact) mass is 440 g/mol. The Morgan fingerprint density at radius 2 is 1.81 bits per heavy atom. The second-order valence-electron chi connectivity index (χ2n) is 7.21. The fourth-order valence-electron chi connectivity index (χ4n) is 3.48. The predicted molar refractivity (Wildman–Crippen MR) is 98.9 cm³/mol. The molecule has 0 spiro atoms. The first-order valence-electron chi connectivity index (χ1n) is 9.48. The molecule has 0 unspecified atom stereocenters. The molecule has 164 valence electrons. The minimum absolute atomic E-state index is 0.0115. The predicted octanol–water partition coefficient (Wildman–Crippen LogP) is 2.95. The van der Waals surface area contributed by atoms with Gasteiger partial charge in [0.05, 0.1) is 0 Å². The van der Waals surface area contributed by atoms with E-state index in [0.717, 1.165) is 12.1 Å². The molecule has 31 heavy (non-hydrogen) atoms. The Bertz CT molecular complexity index is 1110. The van der Waals surface area contributed by atoms with Gasteiger partial charge in [-0.1, -0.05) is 6.07 Å². The molecule has 1 aliphatic rings. The van der Waals surface area contributed by atoms with Crippen LogP contribution in [0.2, 0.25) is 0 Å². The maximum absolute atomic E-state index is 13.3. The number of fused-ring (bicyclic) bond motifs is 1. The second kappa shape index (κ2) is 8.08. The van der Waals surface area contributed by atoms with Crippen LogP contribution in [0.1, 0.15) is 24.2 Å². The number of hydrogen-bond donors (Lipinski definition) is 1. The lowest BCUT2D eigenvalue weighted by Gasteiger charge is -2.32. The van der Waals surface area contributed by atoms with E-state index in [1.165, 1.54) is 12.1 Å². The second-order valence-corrected chi connectivity index (χ2v) is 7.21. The van der Waals surface area contributed by atoms with E-state index < -0.39 is 23.6 Å². The van der Waals surface area contributed by atoms with Crippen molar-refractivity contribution in [2.75, 3.05) is 18.0 Å². The van der Waals surface area contributed by atoms with Crippen LogP contribution in [0, 0.1) is 17.6 Å². The molecule has 4 rings (SSSR count). The van der Waals surface area contributed by atoms with Gasteiger partial charge in [-0.2, -0.15) is 17.7 Å². The fraction of sp³-hybridized carbons (Fsp3) is 0.368. The van der Waals surface area contributed by atoms with Crippen LogP contribution in [-0.2, 0) is 17.5 Å². The molecule has 3 aromatic rings. The lowest BCUT2D eigenvalue weighted by molar-refractivity contribution is -0.146. The highest BCUT2D eigenvalue weighted by Gasteiger charge is 2.38. The maximum atomic E-state index is 13.3. The number of carbonyl (C=O) groups is 1. The lowest BCUT2D eigenvalue weighted by atomic mass is 9.96. The van der Waals surface area contributed by atoms with Gasteiger partial charge >= 0.3 is 6.18 Å². The van der Waals surface area contributed by atoms with Gasteiger partial charge in [0.2, 0.25) is 5.91 Å². The van der Waals surface area contributed by atoms with Crippen LogP contribution in [0.4, 0.5) is 27.8 Å². The third-order valence-electron chi connectivity index (χ3n) is 5.14. The number of alkyl halides is 3. The molecule has 0 radical (unpaired) electrons. The van der Waals surface area contributed by atoms with Crippen LogP contribution in [0.3, 0.4) is 0 Å². The minimum atomic E-state index is -4.68. The average Bonchev–Trinajstić information content (AvgIpc) is 3.18. The van der Waals surface area contributed by atoms with Crippen molar-refractivity contribution in [3.63, 3.8) is 0 Å². The highest BCUT2D eigenvalue weighted by Crippen LogP contribution is 2.28. The van der Waals surface area contributed by atoms with E-state index in [9.17, 15) is 26.7 Å². The molecule has 1 N–H and O–H groups in total. The summed E-state index contributed by atoms with van der Waals surface area (Å²) in [6.07, 6.45) is -3.74. The van der Waals surface area contributed by atoms with Crippen LogP contribution in [0.15, 0.2) is 30.3 Å². The van der Waals surface area contributed by atoms with E-state index in [1.54, 1.807) is 11.0 Å². The Morgan fingerprint density at radius 3 is 2.48 bits per heavy atom. The van der Waals surface area contributed by atoms with Crippen molar-refractivity contribution in [1.82, 2.24) is 25.1 Å². The van der Waals surface area contributed by atoms with Gasteiger partial charge in [0, 0.05) is 25.6 Å². The first kappa shape index (κ1) is 20.9. The first-order chi connectivity index (χ1) is 14.7. The number of carbonyl (C=O) groups excluding carboxylic acids is 1. The van der Waals surface area contributed by atoms with E-state index in [-0.39, 0.29) is 24.0 Å². The van der Waals surface area contributed by atoms with Crippen molar-refractivity contribution in [2.45, 2.75) is 25.6 Å². The molecule has 1 saturated heterocycles. The number of hydrogen-bond acceptors (Lipinski definition) is 5. The van der Waals surface area contributed by atoms with E-state index in [1.807, 2.05) is 0 Å². The Hall–Kier alpha value is -3.31. The van der Waals surface area contributed by atoms with Gasteiger partial charge in [0.25, 0.3) is 5.82 Å². The maximum Gasteiger partial charge on any atom is 0.453 e. The van der Waals surface area contributed by atoms with Crippen LogP contribution in [0.5, 0.6) is 0 Å². The molecular weight excluding hydrogens is 423 g/mol. The highest BCUT2D eigenvalue weighted by molar-refractivity contribution is 5.79. The number of benzene rings is 1. The van der Waals surface area contributed by atoms with Crippen LogP contribution in [-0.4, -0.2) is 38.8 Å². The van der Waals surface area contributed by atoms with Crippen molar-refractivity contribution in [2.24, 2.45) is 5.92 Å². The summed E-state index contributed by atoms with van der Waals surface area (Å²) < 4.78 is 66.0. The van der Waals surface area contributed by atoms with Crippen molar-refractivity contribution < 1.29 is 26.7 Å². The first-order valence-corrected chi connectivity index (χ1v) is 9.48. The summed E-state index contributed by atoms with van der Waals surface area (Å²) in [4.78, 5) is 14.2. The zero-order valence-electron chi connectivity index (χ0n) is 16.0. The van der Waals surface area contributed by atoms with Crippen LogP contribution < -0.4 is 10.2 Å². The van der Waals surface area contributed by atoms with Gasteiger partial charge in [-0.15, -0.1) is 15.3 Å². The molecule has 0 atom stereocenters. The molecule has 1 aromatic carbocycles. The van der Waals surface area contributed by atoms with Crippen molar-refractivity contribution in [3.8, 4) is 0 Å². The molecule has 1 aliphatic heterocycles. The van der Waals surface area contributed by atoms with Gasteiger partial charge in [-0.05, 0) is 42.7 Å². The minimum Gasteiger partial charge on any atom is -0.355 e. The van der Waals surface area contributed by atoms with Gasteiger partial charge in [0.15, 0.2) is 17.3 Å². The molecule has 1 amide bonds. The molecule has 2 aromatic heterocycles. The van der Waals surface area contributed by atoms with Crippen molar-refractivity contribution >= 4 is 17.4 Å². The zero-order valence-corrected chi connectivity index (χ0v) is 16.0. The molecule has 1 fully saturated rings. The van der Waals surface area contributed by atoms with Crippen LogP contribution >= 0.6 is 0 Å². The van der Waals surface area contributed by atoms with Crippen LogP contribution in [0.25, 0.3) is 5.65 Å². The summed E-state index contributed by atoms with van der Waals surface area (Å²) in [6, 6.07) is 6.39. The largest absolute Gasteiger partial charge is 0.453 e. The third kappa shape index (κ3) is 4.42.